The molecular weight excluding hydrogens is 334 g/mol. The van der Waals surface area contributed by atoms with Crippen LogP contribution >= 0.6 is 0 Å². The van der Waals surface area contributed by atoms with E-state index >= 15 is 0 Å². The van der Waals surface area contributed by atoms with Crippen molar-refractivity contribution in [3.63, 3.8) is 0 Å². The van der Waals surface area contributed by atoms with Gasteiger partial charge in [-0.1, -0.05) is 72.7 Å². The van der Waals surface area contributed by atoms with E-state index in [9.17, 15) is 4.79 Å². The molecule has 3 rings (SSSR count). The van der Waals surface area contributed by atoms with E-state index in [4.69, 9.17) is 5.11 Å². The van der Waals surface area contributed by atoms with Crippen LogP contribution in [0.25, 0.3) is 5.57 Å². The Morgan fingerprint density at radius 2 is 1.37 bits per heavy atom. The molecule has 1 saturated heterocycles. The number of carboxylic acid groups (broad SMARTS) is 1. The summed E-state index contributed by atoms with van der Waals surface area (Å²) in [5, 5.41) is 8.72. The maximum Gasteiger partial charge on any atom is 0.303 e. The average molecular weight is 364 g/mol. The van der Waals surface area contributed by atoms with Crippen LogP contribution in [0.15, 0.2) is 66.2 Å². The van der Waals surface area contributed by atoms with Crippen molar-refractivity contribution in [3.05, 3.63) is 77.4 Å². The highest BCUT2D eigenvalue weighted by Gasteiger charge is 2.18. The second kappa shape index (κ2) is 10.1. The highest BCUT2D eigenvalue weighted by Crippen LogP contribution is 2.32. The van der Waals surface area contributed by atoms with Gasteiger partial charge in [0.1, 0.15) is 0 Å². The molecule has 0 aromatic heterocycles. The molecule has 0 saturated carbocycles. The summed E-state index contributed by atoms with van der Waals surface area (Å²) in [6.07, 6.45) is 5.40. The number of carboxylic acids is 1. The molecule has 1 fully saturated rings. The molecule has 3 heteroatoms. The molecule has 1 aliphatic heterocycles. The van der Waals surface area contributed by atoms with E-state index in [0.717, 1.165) is 51.7 Å². The molecule has 2 aromatic carbocycles. The van der Waals surface area contributed by atoms with Crippen molar-refractivity contribution in [1.29, 1.82) is 0 Å². The van der Waals surface area contributed by atoms with Crippen molar-refractivity contribution in [2.75, 3.05) is 19.6 Å². The van der Waals surface area contributed by atoms with E-state index in [1.54, 1.807) is 5.57 Å². The number of piperidine rings is 1. The Balaban J connectivity index is 1.63. The minimum atomic E-state index is -0.683. The van der Waals surface area contributed by atoms with Crippen molar-refractivity contribution in [2.45, 2.75) is 38.5 Å². The summed E-state index contributed by atoms with van der Waals surface area (Å²) >= 11 is 0. The van der Waals surface area contributed by atoms with Gasteiger partial charge in [-0.3, -0.25) is 4.79 Å². The number of nitrogens with zero attached hydrogens (tertiary/aromatic N) is 1. The SMILES string of the molecule is O=C(O)CCCCCN1CCC(=C(c2ccccc2)c2ccccc2)CC1. The molecule has 0 atom stereocenters. The Morgan fingerprint density at radius 3 is 1.89 bits per heavy atom. The molecular formula is C24H29NO2. The first kappa shape index (κ1) is 19.4. The van der Waals surface area contributed by atoms with Gasteiger partial charge in [-0.15, -0.1) is 0 Å². The smallest absolute Gasteiger partial charge is 0.303 e. The van der Waals surface area contributed by atoms with Crippen LogP contribution in [0.3, 0.4) is 0 Å². The molecule has 3 nitrogen and oxygen atoms in total. The van der Waals surface area contributed by atoms with Crippen molar-refractivity contribution >= 4 is 11.5 Å². The monoisotopic (exact) mass is 363 g/mol. The summed E-state index contributed by atoms with van der Waals surface area (Å²) in [4.78, 5) is 13.1. The summed E-state index contributed by atoms with van der Waals surface area (Å²) in [6.45, 7) is 3.27. The summed E-state index contributed by atoms with van der Waals surface area (Å²) < 4.78 is 0. The van der Waals surface area contributed by atoms with Crippen LogP contribution in [-0.2, 0) is 4.79 Å². The Hall–Kier alpha value is -2.39. The van der Waals surface area contributed by atoms with Crippen LogP contribution in [0.4, 0.5) is 0 Å². The lowest BCUT2D eigenvalue weighted by molar-refractivity contribution is -0.137. The fraction of sp³-hybridized carbons (Fsp3) is 0.375. The fourth-order valence-electron chi connectivity index (χ4n) is 3.87. The van der Waals surface area contributed by atoms with E-state index < -0.39 is 5.97 Å². The number of likely N-dealkylation sites (tertiary alicyclic amines) is 1. The molecule has 0 unspecified atom stereocenters. The normalized spacial score (nSPS) is 14.9. The first-order chi connectivity index (χ1) is 13.2. The number of benzene rings is 2. The molecule has 0 spiro atoms. The topological polar surface area (TPSA) is 40.5 Å². The van der Waals surface area contributed by atoms with Crippen molar-refractivity contribution in [3.8, 4) is 0 Å². The summed E-state index contributed by atoms with van der Waals surface area (Å²) in [7, 11) is 0. The zero-order chi connectivity index (χ0) is 18.9. The zero-order valence-electron chi connectivity index (χ0n) is 15.9. The highest BCUT2D eigenvalue weighted by atomic mass is 16.4. The first-order valence-electron chi connectivity index (χ1n) is 10.0. The first-order valence-corrected chi connectivity index (χ1v) is 10.0. The molecule has 0 aliphatic carbocycles. The van der Waals surface area contributed by atoms with Gasteiger partial charge in [0.15, 0.2) is 0 Å². The molecule has 142 valence electrons. The Labute approximate surface area is 162 Å². The second-order valence-electron chi connectivity index (χ2n) is 7.26. The number of carbonyl (C=O) groups is 1. The predicted molar refractivity (Wildman–Crippen MR) is 111 cm³/mol. The van der Waals surface area contributed by atoms with Crippen LogP contribution in [0, 0.1) is 0 Å². The highest BCUT2D eigenvalue weighted by molar-refractivity contribution is 5.82. The molecule has 27 heavy (non-hydrogen) atoms. The largest absolute Gasteiger partial charge is 0.481 e. The molecule has 1 aliphatic rings. The Morgan fingerprint density at radius 1 is 0.815 bits per heavy atom. The summed E-state index contributed by atoms with van der Waals surface area (Å²) in [5.74, 6) is -0.683. The minimum absolute atomic E-state index is 0.296. The van der Waals surface area contributed by atoms with Gasteiger partial charge in [0.05, 0.1) is 0 Å². The maximum atomic E-state index is 10.6. The lowest BCUT2D eigenvalue weighted by Crippen LogP contribution is -2.32. The quantitative estimate of drug-likeness (QED) is 0.653. The van der Waals surface area contributed by atoms with Gasteiger partial charge in [0.25, 0.3) is 0 Å². The molecule has 1 heterocycles. The molecule has 2 aromatic rings. The summed E-state index contributed by atoms with van der Waals surface area (Å²) in [5.41, 5.74) is 5.56. The minimum Gasteiger partial charge on any atom is -0.481 e. The predicted octanol–water partition coefficient (Wildman–Crippen LogP) is 5.23. The van der Waals surface area contributed by atoms with Gasteiger partial charge in [-0.2, -0.15) is 0 Å². The number of hydrogen-bond acceptors (Lipinski definition) is 2. The fourth-order valence-corrected chi connectivity index (χ4v) is 3.87. The van der Waals surface area contributed by atoms with Crippen LogP contribution in [0.2, 0.25) is 0 Å². The Bertz CT molecular complexity index is 701. The third-order valence-corrected chi connectivity index (χ3v) is 5.30. The zero-order valence-corrected chi connectivity index (χ0v) is 15.9. The average Bonchev–Trinajstić information content (AvgIpc) is 2.70. The van der Waals surface area contributed by atoms with Gasteiger partial charge in [0.2, 0.25) is 0 Å². The molecule has 1 N–H and O–H groups in total. The van der Waals surface area contributed by atoms with E-state index in [0.29, 0.717) is 6.42 Å². The van der Waals surface area contributed by atoms with E-state index in [-0.39, 0.29) is 0 Å². The van der Waals surface area contributed by atoms with Gasteiger partial charge >= 0.3 is 5.97 Å². The lowest BCUT2D eigenvalue weighted by Gasteiger charge is -2.30. The van der Waals surface area contributed by atoms with E-state index in [2.05, 4.69) is 65.6 Å². The van der Waals surface area contributed by atoms with Crippen molar-refractivity contribution in [1.82, 2.24) is 4.90 Å². The number of unbranched alkanes of at least 4 members (excludes halogenated alkanes) is 2. The maximum absolute atomic E-state index is 10.6. The summed E-state index contributed by atoms with van der Waals surface area (Å²) in [6, 6.07) is 21.5. The Kier molecular flexibility index (Phi) is 7.23. The van der Waals surface area contributed by atoms with E-state index in [1.165, 1.54) is 16.7 Å². The van der Waals surface area contributed by atoms with Gasteiger partial charge in [-0.05, 0) is 48.9 Å². The van der Waals surface area contributed by atoms with Crippen LogP contribution in [0.5, 0.6) is 0 Å². The van der Waals surface area contributed by atoms with Crippen LogP contribution in [0.1, 0.15) is 49.7 Å². The van der Waals surface area contributed by atoms with Crippen LogP contribution < -0.4 is 0 Å². The third-order valence-electron chi connectivity index (χ3n) is 5.30. The number of rotatable bonds is 8. The van der Waals surface area contributed by atoms with Crippen molar-refractivity contribution < 1.29 is 9.90 Å². The molecule has 0 bridgehead atoms. The van der Waals surface area contributed by atoms with Gasteiger partial charge in [-0.25, -0.2) is 0 Å². The van der Waals surface area contributed by atoms with E-state index in [1.807, 2.05) is 0 Å². The van der Waals surface area contributed by atoms with Gasteiger partial charge in [0, 0.05) is 19.5 Å². The lowest BCUT2D eigenvalue weighted by atomic mass is 9.88. The number of hydrogen-bond donors (Lipinski definition) is 1. The van der Waals surface area contributed by atoms with Gasteiger partial charge < -0.3 is 10.0 Å². The molecule has 0 amide bonds. The third kappa shape index (κ3) is 5.80. The molecule has 0 radical (unpaired) electrons. The van der Waals surface area contributed by atoms with Crippen molar-refractivity contribution in [2.24, 2.45) is 0 Å². The second-order valence-corrected chi connectivity index (χ2v) is 7.26. The van der Waals surface area contributed by atoms with Crippen LogP contribution in [-0.4, -0.2) is 35.6 Å². The standard InChI is InChI=1S/C24H29NO2/c26-23(27)14-8-3-9-17-25-18-15-22(16-19-25)24(20-10-4-1-5-11-20)21-12-6-2-7-13-21/h1-2,4-7,10-13H,3,8-9,14-19H2,(H,26,27). The number of aliphatic carboxylic acids is 1.